The Hall–Kier alpha value is -1.54. The zero-order valence-corrected chi connectivity index (χ0v) is 11.6. The Balaban J connectivity index is 2.26. The minimum absolute atomic E-state index is 0.367. The highest BCUT2D eigenvalue weighted by atomic mass is 31.1. The summed E-state index contributed by atoms with van der Waals surface area (Å²) in [6.07, 6.45) is -0.377. The number of rotatable bonds is 6. The minimum Gasteiger partial charge on any atom is -0.119 e. The maximum Gasteiger partial charge on any atom is 0.698 e. The van der Waals surface area contributed by atoms with Gasteiger partial charge in [0.15, 0.2) is 6.10 Å². The second-order valence-corrected chi connectivity index (χ2v) is 4.86. The number of hydrogen-bond donors (Lipinski definition) is 0. The third-order valence-electron chi connectivity index (χ3n) is 2.63. The molecule has 0 N–H and O–H groups in total. The van der Waals surface area contributed by atoms with Crippen LogP contribution in [-0.2, 0) is 13.6 Å². The second-order valence-electron chi connectivity index (χ2n) is 3.95. The molecule has 0 radical (unpaired) electrons. The van der Waals surface area contributed by atoms with Gasteiger partial charge in [-0.2, -0.15) is 0 Å². The summed E-state index contributed by atoms with van der Waals surface area (Å²) in [4.78, 5) is 0. The summed E-state index contributed by atoms with van der Waals surface area (Å²) < 4.78 is 22.3. The lowest BCUT2D eigenvalue weighted by Gasteiger charge is -2.11. The van der Waals surface area contributed by atoms with Crippen molar-refractivity contribution in [3.05, 3.63) is 71.8 Å². The highest BCUT2D eigenvalue weighted by Crippen LogP contribution is 2.36. The molecular weight excluding hydrogens is 259 g/mol. The summed E-state index contributed by atoms with van der Waals surface area (Å²) in [5.74, 6) is 0. The van der Waals surface area contributed by atoms with Crippen LogP contribution >= 0.6 is 8.25 Å². The summed E-state index contributed by atoms with van der Waals surface area (Å²) in [5.41, 5.74) is 1.91. The fourth-order valence-electron chi connectivity index (χ4n) is 1.79. The minimum atomic E-state index is -2.12. The first kappa shape index (κ1) is 13.9. The lowest BCUT2D eigenvalue weighted by molar-refractivity contribution is 0.195. The van der Waals surface area contributed by atoms with Gasteiger partial charge >= 0.3 is 8.25 Å². The molecule has 0 amide bonds. The van der Waals surface area contributed by atoms with Gasteiger partial charge in [0.25, 0.3) is 0 Å². The monoisotopic (exact) mass is 275 g/mol. The largest absolute Gasteiger partial charge is 0.698 e. The van der Waals surface area contributed by atoms with E-state index in [1.807, 2.05) is 60.7 Å². The van der Waals surface area contributed by atoms with Crippen LogP contribution in [0, 0.1) is 0 Å². The Morgan fingerprint density at radius 3 is 1.84 bits per heavy atom. The van der Waals surface area contributed by atoms with Crippen LogP contribution in [0.4, 0.5) is 0 Å². The molecule has 98 valence electrons. The molecule has 0 aliphatic rings. The molecule has 2 rings (SSSR count). The standard InChI is InChI=1S/C15H16O3P/c1-2-17-19(16)18-15(13-9-5-3-6-10-13)14-11-7-4-8-12-14/h3-12,15H,2H2,1H3/q+1. The van der Waals surface area contributed by atoms with E-state index < -0.39 is 8.25 Å². The molecule has 1 atom stereocenters. The van der Waals surface area contributed by atoms with E-state index in [-0.39, 0.29) is 6.10 Å². The molecule has 2 aromatic carbocycles. The second kappa shape index (κ2) is 7.15. The maximum absolute atomic E-state index is 11.7. The van der Waals surface area contributed by atoms with Crippen LogP contribution < -0.4 is 0 Å². The van der Waals surface area contributed by atoms with Gasteiger partial charge < -0.3 is 0 Å². The van der Waals surface area contributed by atoms with Gasteiger partial charge in [0.1, 0.15) is 6.61 Å². The van der Waals surface area contributed by atoms with Crippen molar-refractivity contribution >= 4 is 8.25 Å². The van der Waals surface area contributed by atoms with Crippen LogP contribution in [0.3, 0.4) is 0 Å². The summed E-state index contributed by atoms with van der Waals surface area (Å²) in [7, 11) is -2.12. The Labute approximate surface area is 114 Å². The van der Waals surface area contributed by atoms with E-state index in [4.69, 9.17) is 9.05 Å². The van der Waals surface area contributed by atoms with Gasteiger partial charge in [0.2, 0.25) is 0 Å². The first-order valence-electron chi connectivity index (χ1n) is 6.18. The van der Waals surface area contributed by atoms with Gasteiger partial charge in [-0.05, 0) is 18.1 Å². The molecule has 0 saturated heterocycles. The third-order valence-corrected chi connectivity index (χ3v) is 3.48. The summed E-state index contributed by atoms with van der Waals surface area (Å²) in [6, 6.07) is 19.4. The van der Waals surface area contributed by atoms with E-state index in [9.17, 15) is 4.57 Å². The number of benzene rings is 2. The van der Waals surface area contributed by atoms with Crippen LogP contribution in [0.1, 0.15) is 24.2 Å². The van der Waals surface area contributed by atoms with Crippen molar-refractivity contribution in [1.29, 1.82) is 0 Å². The molecule has 4 heteroatoms. The fourth-order valence-corrected chi connectivity index (χ4v) is 2.48. The lowest BCUT2D eigenvalue weighted by Crippen LogP contribution is -2.02. The van der Waals surface area contributed by atoms with E-state index in [1.165, 1.54) is 0 Å². The fraction of sp³-hybridized carbons (Fsp3) is 0.200. The molecule has 1 unspecified atom stereocenters. The van der Waals surface area contributed by atoms with E-state index in [2.05, 4.69) is 0 Å². The van der Waals surface area contributed by atoms with E-state index >= 15 is 0 Å². The molecule has 0 aliphatic carbocycles. The molecule has 0 spiro atoms. The van der Waals surface area contributed by atoms with Gasteiger partial charge in [-0.1, -0.05) is 60.7 Å². The SMILES string of the molecule is CCO[P+](=O)OC(c1ccccc1)c1ccccc1. The Kier molecular flexibility index (Phi) is 5.22. The summed E-state index contributed by atoms with van der Waals surface area (Å²) >= 11 is 0. The van der Waals surface area contributed by atoms with Crippen molar-refractivity contribution in [3.63, 3.8) is 0 Å². The highest BCUT2D eigenvalue weighted by Gasteiger charge is 2.29. The van der Waals surface area contributed by atoms with E-state index in [1.54, 1.807) is 6.92 Å². The quantitative estimate of drug-likeness (QED) is 0.729. The normalized spacial score (nSPS) is 11.6. The Bertz CT molecular complexity index is 474. The molecule has 0 aromatic heterocycles. The van der Waals surface area contributed by atoms with Crippen molar-refractivity contribution in [2.75, 3.05) is 6.61 Å². The van der Waals surface area contributed by atoms with Gasteiger partial charge in [0, 0.05) is 4.57 Å². The van der Waals surface area contributed by atoms with Gasteiger partial charge in [-0.25, -0.2) is 0 Å². The van der Waals surface area contributed by atoms with Crippen molar-refractivity contribution in [2.24, 2.45) is 0 Å². The van der Waals surface area contributed by atoms with Crippen LogP contribution in [0.25, 0.3) is 0 Å². The molecule has 0 aliphatic heterocycles. The van der Waals surface area contributed by atoms with Crippen LogP contribution in [-0.4, -0.2) is 6.61 Å². The van der Waals surface area contributed by atoms with Crippen LogP contribution in [0.15, 0.2) is 60.7 Å². The molecule has 19 heavy (non-hydrogen) atoms. The topological polar surface area (TPSA) is 35.5 Å². The van der Waals surface area contributed by atoms with Crippen molar-refractivity contribution in [1.82, 2.24) is 0 Å². The van der Waals surface area contributed by atoms with Crippen molar-refractivity contribution in [2.45, 2.75) is 13.0 Å². The van der Waals surface area contributed by atoms with E-state index in [0.29, 0.717) is 6.61 Å². The average molecular weight is 275 g/mol. The average Bonchev–Trinajstić information content (AvgIpc) is 2.47. The summed E-state index contributed by atoms with van der Waals surface area (Å²) in [6.45, 7) is 2.15. The van der Waals surface area contributed by atoms with Crippen molar-refractivity contribution < 1.29 is 13.6 Å². The van der Waals surface area contributed by atoms with Crippen molar-refractivity contribution in [3.8, 4) is 0 Å². The number of hydrogen-bond acceptors (Lipinski definition) is 3. The van der Waals surface area contributed by atoms with E-state index in [0.717, 1.165) is 11.1 Å². The molecule has 2 aromatic rings. The van der Waals surface area contributed by atoms with Crippen LogP contribution in [0.5, 0.6) is 0 Å². The first-order chi connectivity index (χ1) is 9.31. The molecule has 0 bridgehead atoms. The van der Waals surface area contributed by atoms with Crippen LogP contribution in [0.2, 0.25) is 0 Å². The third kappa shape index (κ3) is 3.97. The van der Waals surface area contributed by atoms with Gasteiger partial charge in [-0.3, -0.25) is 0 Å². The predicted molar refractivity (Wildman–Crippen MR) is 75.0 cm³/mol. The summed E-state index contributed by atoms with van der Waals surface area (Å²) in [5, 5.41) is 0. The lowest BCUT2D eigenvalue weighted by atomic mass is 10.0. The Morgan fingerprint density at radius 2 is 1.42 bits per heavy atom. The molecular formula is C15H16O3P+. The molecule has 0 heterocycles. The maximum atomic E-state index is 11.7. The molecule has 0 saturated carbocycles. The Morgan fingerprint density at radius 1 is 0.947 bits per heavy atom. The zero-order chi connectivity index (χ0) is 13.5. The highest BCUT2D eigenvalue weighted by molar-refractivity contribution is 7.33. The smallest absolute Gasteiger partial charge is 0.119 e. The molecule has 3 nitrogen and oxygen atoms in total. The predicted octanol–water partition coefficient (Wildman–Crippen LogP) is 4.49. The zero-order valence-electron chi connectivity index (χ0n) is 10.7. The van der Waals surface area contributed by atoms with Gasteiger partial charge in [0.05, 0.1) is 0 Å². The van der Waals surface area contributed by atoms with Gasteiger partial charge in [-0.15, -0.1) is 9.05 Å². The first-order valence-corrected chi connectivity index (χ1v) is 7.27. The molecule has 0 fully saturated rings.